The highest BCUT2D eigenvalue weighted by molar-refractivity contribution is 7.99. The first-order valence-electron chi connectivity index (χ1n) is 9.73. The molecule has 0 aliphatic carbocycles. The number of nitrogens with zero attached hydrogens (tertiary/aromatic N) is 3. The third-order valence-electron chi connectivity index (χ3n) is 5.47. The molecular formula is C20H29N3O5S. The molecule has 3 rings (SSSR count). The zero-order valence-corrected chi connectivity index (χ0v) is 18.3. The summed E-state index contributed by atoms with van der Waals surface area (Å²) in [4.78, 5) is 32.2. The molecule has 1 unspecified atom stereocenters. The van der Waals surface area contributed by atoms with Gasteiger partial charge in [0.1, 0.15) is 6.04 Å². The number of hydrogen-bond donors (Lipinski definition) is 0. The molecule has 2 saturated heterocycles. The largest absolute Gasteiger partial charge is 0.493 e. The average Bonchev–Trinajstić information content (AvgIpc) is 3.26. The van der Waals surface area contributed by atoms with E-state index in [1.807, 2.05) is 4.90 Å². The van der Waals surface area contributed by atoms with E-state index >= 15 is 0 Å². The molecule has 0 N–H and O–H groups in total. The summed E-state index contributed by atoms with van der Waals surface area (Å²) in [5.41, 5.74) is 0.413. The van der Waals surface area contributed by atoms with Gasteiger partial charge in [-0.15, -0.1) is 11.8 Å². The van der Waals surface area contributed by atoms with Crippen LogP contribution in [0.15, 0.2) is 12.1 Å². The van der Waals surface area contributed by atoms with E-state index < -0.39 is 6.04 Å². The lowest BCUT2D eigenvalue weighted by molar-refractivity contribution is -0.136. The highest BCUT2D eigenvalue weighted by Crippen LogP contribution is 2.39. The minimum absolute atomic E-state index is 0.0338. The number of amides is 2. The molecule has 1 atom stereocenters. The summed E-state index contributed by atoms with van der Waals surface area (Å²) in [5.74, 6) is 2.19. The highest BCUT2D eigenvalue weighted by Gasteiger charge is 2.38. The number of likely N-dealkylation sites (N-methyl/N-ethyl adjacent to an activating group) is 1. The quantitative estimate of drug-likeness (QED) is 0.685. The molecule has 0 radical (unpaired) electrons. The normalized spacial score (nSPS) is 19.9. The second kappa shape index (κ2) is 9.58. The van der Waals surface area contributed by atoms with Gasteiger partial charge in [0.2, 0.25) is 11.7 Å². The van der Waals surface area contributed by atoms with Gasteiger partial charge >= 0.3 is 0 Å². The van der Waals surface area contributed by atoms with Crippen LogP contribution in [0.5, 0.6) is 17.2 Å². The van der Waals surface area contributed by atoms with Gasteiger partial charge in [0.25, 0.3) is 5.91 Å². The van der Waals surface area contributed by atoms with E-state index in [4.69, 9.17) is 14.2 Å². The van der Waals surface area contributed by atoms with Gasteiger partial charge in [-0.3, -0.25) is 9.59 Å². The number of methoxy groups -OCH3 is 3. The van der Waals surface area contributed by atoms with Crippen LogP contribution >= 0.6 is 11.8 Å². The zero-order valence-electron chi connectivity index (χ0n) is 17.5. The number of benzene rings is 1. The third kappa shape index (κ3) is 4.40. The fourth-order valence-electron chi connectivity index (χ4n) is 3.71. The molecule has 2 fully saturated rings. The predicted octanol–water partition coefficient (Wildman–Crippen LogP) is 1.39. The van der Waals surface area contributed by atoms with Crippen LogP contribution in [-0.4, -0.2) is 98.2 Å². The molecule has 160 valence electrons. The molecule has 0 spiro atoms. The van der Waals surface area contributed by atoms with E-state index in [0.29, 0.717) is 47.5 Å². The molecule has 9 heteroatoms. The third-order valence-corrected chi connectivity index (χ3v) is 6.48. The first kappa shape index (κ1) is 21.6. The minimum Gasteiger partial charge on any atom is -0.493 e. The maximum Gasteiger partial charge on any atom is 0.255 e. The molecular weight excluding hydrogens is 394 g/mol. The van der Waals surface area contributed by atoms with Gasteiger partial charge in [-0.25, -0.2) is 0 Å². The maximum absolute atomic E-state index is 13.3. The van der Waals surface area contributed by atoms with Crippen LogP contribution in [0.2, 0.25) is 0 Å². The molecule has 0 aromatic heterocycles. The zero-order chi connectivity index (χ0) is 21.0. The predicted molar refractivity (Wildman–Crippen MR) is 112 cm³/mol. The lowest BCUT2D eigenvalue weighted by atomic mass is 10.1. The van der Waals surface area contributed by atoms with Crippen molar-refractivity contribution in [3.05, 3.63) is 17.7 Å². The molecule has 0 saturated carbocycles. The van der Waals surface area contributed by atoms with Crippen LogP contribution in [0.25, 0.3) is 0 Å². The van der Waals surface area contributed by atoms with Gasteiger partial charge in [-0.05, 0) is 18.7 Å². The summed E-state index contributed by atoms with van der Waals surface area (Å²) in [6.45, 7) is 6.29. The van der Waals surface area contributed by atoms with Crippen molar-refractivity contribution in [2.75, 3.05) is 65.7 Å². The Morgan fingerprint density at radius 2 is 1.66 bits per heavy atom. The van der Waals surface area contributed by atoms with Crippen molar-refractivity contribution in [1.29, 1.82) is 0 Å². The van der Waals surface area contributed by atoms with E-state index in [1.54, 1.807) is 28.8 Å². The fourth-order valence-corrected chi connectivity index (χ4v) is 4.86. The van der Waals surface area contributed by atoms with Crippen LogP contribution in [0.4, 0.5) is 0 Å². The Labute approximate surface area is 176 Å². The fraction of sp³-hybridized carbons (Fsp3) is 0.600. The van der Waals surface area contributed by atoms with Crippen LogP contribution in [0.1, 0.15) is 17.3 Å². The van der Waals surface area contributed by atoms with Crippen LogP contribution < -0.4 is 14.2 Å². The number of thioether (sulfide) groups is 1. The maximum atomic E-state index is 13.3. The topological polar surface area (TPSA) is 71.6 Å². The molecule has 2 amide bonds. The summed E-state index contributed by atoms with van der Waals surface area (Å²) in [7, 11) is 4.55. The lowest BCUT2D eigenvalue weighted by Gasteiger charge is -2.36. The Morgan fingerprint density at radius 3 is 2.17 bits per heavy atom. The molecule has 2 aliphatic rings. The van der Waals surface area contributed by atoms with Crippen molar-refractivity contribution >= 4 is 23.6 Å². The van der Waals surface area contributed by atoms with Crippen molar-refractivity contribution < 1.29 is 23.8 Å². The number of hydrogen-bond acceptors (Lipinski definition) is 7. The van der Waals surface area contributed by atoms with Crippen LogP contribution in [0.3, 0.4) is 0 Å². The lowest BCUT2D eigenvalue weighted by Crippen LogP contribution is -2.55. The molecule has 2 heterocycles. The molecule has 8 nitrogen and oxygen atoms in total. The van der Waals surface area contributed by atoms with Crippen molar-refractivity contribution in [3.8, 4) is 17.2 Å². The van der Waals surface area contributed by atoms with Gasteiger partial charge in [0.15, 0.2) is 11.5 Å². The van der Waals surface area contributed by atoms with Gasteiger partial charge in [0, 0.05) is 37.5 Å². The van der Waals surface area contributed by atoms with Crippen molar-refractivity contribution in [2.24, 2.45) is 0 Å². The minimum atomic E-state index is -0.445. The first-order valence-corrected chi connectivity index (χ1v) is 10.9. The Balaban J connectivity index is 1.79. The number of carbonyl (C=O) groups excluding carboxylic acids is 2. The summed E-state index contributed by atoms with van der Waals surface area (Å²) in [5, 5.41) is 0. The van der Waals surface area contributed by atoms with E-state index in [9.17, 15) is 9.59 Å². The number of piperazine rings is 1. The van der Waals surface area contributed by atoms with Crippen molar-refractivity contribution in [1.82, 2.24) is 14.7 Å². The van der Waals surface area contributed by atoms with Gasteiger partial charge < -0.3 is 28.9 Å². The SMILES string of the molecule is CCN1CCN(C(=O)C2CSCN2C(=O)c2cc(OC)c(OC)c(OC)c2)CC1. The first-order chi connectivity index (χ1) is 14.0. The van der Waals surface area contributed by atoms with E-state index in [0.717, 1.165) is 19.6 Å². The van der Waals surface area contributed by atoms with E-state index in [-0.39, 0.29) is 11.8 Å². The van der Waals surface area contributed by atoms with Crippen LogP contribution in [0, 0.1) is 0 Å². The van der Waals surface area contributed by atoms with Crippen molar-refractivity contribution in [3.63, 3.8) is 0 Å². The Morgan fingerprint density at radius 1 is 1.03 bits per heavy atom. The number of ether oxygens (including phenoxy) is 3. The summed E-state index contributed by atoms with van der Waals surface area (Å²) < 4.78 is 16.1. The highest BCUT2D eigenvalue weighted by atomic mass is 32.2. The van der Waals surface area contributed by atoms with E-state index in [1.165, 1.54) is 21.3 Å². The molecule has 2 aliphatic heterocycles. The summed E-state index contributed by atoms with van der Waals surface area (Å²) in [6.07, 6.45) is 0. The Bertz CT molecular complexity index is 727. The number of rotatable bonds is 6. The average molecular weight is 424 g/mol. The second-order valence-corrected chi connectivity index (χ2v) is 7.96. The molecule has 0 bridgehead atoms. The molecule has 29 heavy (non-hydrogen) atoms. The van der Waals surface area contributed by atoms with Crippen molar-refractivity contribution in [2.45, 2.75) is 13.0 Å². The van der Waals surface area contributed by atoms with E-state index in [2.05, 4.69) is 11.8 Å². The monoisotopic (exact) mass is 423 g/mol. The smallest absolute Gasteiger partial charge is 0.255 e. The van der Waals surface area contributed by atoms with Gasteiger partial charge in [0.05, 0.1) is 27.2 Å². The Hall–Kier alpha value is -2.13. The molecule has 1 aromatic rings. The second-order valence-electron chi connectivity index (χ2n) is 6.96. The number of carbonyl (C=O) groups is 2. The molecule has 1 aromatic carbocycles. The standard InChI is InChI=1S/C20H29N3O5S/c1-5-21-6-8-22(9-7-21)20(25)15-12-29-13-23(15)19(24)14-10-16(26-2)18(28-4)17(11-14)27-3/h10-11,15H,5-9,12-13H2,1-4H3. The van der Waals surface area contributed by atoms with Crippen LogP contribution in [-0.2, 0) is 4.79 Å². The summed E-state index contributed by atoms with van der Waals surface area (Å²) >= 11 is 1.60. The van der Waals surface area contributed by atoms with Gasteiger partial charge in [-0.1, -0.05) is 6.92 Å². The van der Waals surface area contributed by atoms with Gasteiger partial charge in [-0.2, -0.15) is 0 Å². The Kier molecular flexibility index (Phi) is 7.13. The summed E-state index contributed by atoms with van der Waals surface area (Å²) in [6, 6.07) is 2.82.